The van der Waals surface area contributed by atoms with Gasteiger partial charge in [-0.3, -0.25) is 0 Å². The van der Waals surface area contributed by atoms with Crippen LogP contribution in [-0.2, 0) is 9.78 Å². The van der Waals surface area contributed by atoms with Gasteiger partial charge < -0.3 is 0 Å². The Kier molecular flexibility index (Phi) is 2.80. The number of hydrogen-bond donors (Lipinski definition) is 0. The fourth-order valence-electron chi connectivity index (χ4n) is 0.667. The molecule has 1 heterocycles. The predicted molar refractivity (Wildman–Crippen MR) is 44.3 cm³/mol. The molecule has 4 heteroatoms. The third kappa shape index (κ3) is 2.25. The fraction of sp³-hybridized carbons (Fsp3) is 1.00. The summed E-state index contributed by atoms with van der Waals surface area (Å²) in [5.74, 6) is 0.0205. The summed E-state index contributed by atoms with van der Waals surface area (Å²) in [6.45, 7) is 8.70. The molecule has 0 saturated heterocycles. The molecule has 0 fully saturated rings. The summed E-state index contributed by atoms with van der Waals surface area (Å²) in [5, 5.41) is 7.62. The summed E-state index contributed by atoms with van der Waals surface area (Å²) >= 11 is 0. The van der Waals surface area contributed by atoms with Crippen molar-refractivity contribution in [2.45, 2.75) is 33.5 Å². The van der Waals surface area contributed by atoms with Crippen molar-refractivity contribution in [3.05, 3.63) is 0 Å². The zero-order valence-corrected chi connectivity index (χ0v) is 8.07. The van der Waals surface area contributed by atoms with Crippen molar-refractivity contribution in [2.24, 2.45) is 22.1 Å². The molecule has 70 valence electrons. The first-order valence-electron chi connectivity index (χ1n) is 4.31. The maximum atomic E-state index is 5.08. The van der Waals surface area contributed by atoms with E-state index in [1.165, 1.54) is 0 Å². The molecule has 0 atom stereocenters. The van der Waals surface area contributed by atoms with Crippen LogP contribution in [-0.4, -0.2) is 12.5 Å². The Labute approximate surface area is 72.9 Å². The highest BCUT2D eigenvalue weighted by Gasteiger charge is 2.46. The summed E-state index contributed by atoms with van der Waals surface area (Å²) in [6, 6.07) is 0. The van der Waals surface area contributed by atoms with Crippen molar-refractivity contribution >= 4 is 0 Å². The molecule has 0 spiro atoms. The van der Waals surface area contributed by atoms with E-state index >= 15 is 0 Å². The fourth-order valence-corrected chi connectivity index (χ4v) is 0.667. The second-order valence-corrected chi connectivity index (χ2v) is 3.78. The van der Waals surface area contributed by atoms with Gasteiger partial charge in [0.15, 0.2) is 0 Å². The van der Waals surface area contributed by atoms with E-state index in [1.807, 2.05) is 13.8 Å². The molecule has 0 radical (unpaired) electrons. The van der Waals surface area contributed by atoms with Crippen molar-refractivity contribution in [3.8, 4) is 0 Å². The molecular weight excluding hydrogens is 156 g/mol. The van der Waals surface area contributed by atoms with Crippen molar-refractivity contribution in [1.29, 1.82) is 0 Å². The minimum atomic E-state index is -0.686. The molecule has 1 rings (SSSR count). The van der Waals surface area contributed by atoms with E-state index in [0.29, 0.717) is 12.5 Å². The molecule has 1 aliphatic rings. The molecule has 0 amide bonds. The molecule has 0 N–H and O–H groups in total. The highest BCUT2D eigenvalue weighted by molar-refractivity contribution is 4.84. The van der Waals surface area contributed by atoms with Gasteiger partial charge in [-0.1, -0.05) is 27.7 Å². The average Bonchev–Trinajstić information content (AvgIpc) is 2.68. The van der Waals surface area contributed by atoms with Crippen LogP contribution in [0.1, 0.15) is 27.7 Å². The third-order valence-corrected chi connectivity index (χ3v) is 1.63. The van der Waals surface area contributed by atoms with E-state index in [2.05, 4.69) is 24.1 Å². The lowest BCUT2D eigenvalue weighted by atomic mass is 10.1. The molecule has 0 unspecified atom stereocenters. The first kappa shape index (κ1) is 9.61. The van der Waals surface area contributed by atoms with Crippen molar-refractivity contribution in [2.75, 3.05) is 6.61 Å². The van der Waals surface area contributed by atoms with E-state index in [1.54, 1.807) is 0 Å². The van der Waals surface area contributed by atoms with Gasteiger partial charge in [0.05, 0.1) is 6.61 Å². The maximum absolute atomic E-state index is 5.08. The Morgan fingerprint density at radius 1 is 1.17 bits per heavy atom. The smallest absolute Gasteiger partial charge is 0.232 e. The second-order valence-electron chi connectivity index (χ2n) is 3.78. The predicted octanol–water partition coefficient (Wildman–Crippen LogP) is 2.37. The van der Waals surface area contributed by atoms with Crippen LogP contribution >= 0.6 is 0 Å². The molecule has 0 aliphatic carbocycles. The quantitative estimate of drug-likeness (QED) is 0.472. The normalized spacial score (nSPS) is 19.2. The Morgan fingerprint density at radius 3 is 2.08 bits per heavy atom. The number of rotatable bonds is 5. The standard InChI is InChI=1S/C8H16N2O2/c1-6(2)5-11-12-8(7(3)4)9-10-8/h6-7H,5H2,1-4H3. The first-order valence-corrected chi connectivity index (χ1v) is 4.31. The van der Waals surface area contributed by atoms with Gasteiger partial charge in [0.25, 0.3) is 0 Å². The molecular formula is C8H16N2O2. The van der Waals surface area contributed by atoms with Crippen molar-refractivity contribution in [1.82, 2.24) is 0 Å². The lowest BCUT2D eigenvalue weighted by molar-refractivity contribution is -0.352. The molecule has 0 bridgehead atoms. The van der Waals surface area contributed by atoms with Gasteiger partial charge in [-0.2, -0.15) is 4.89 Å². The number of hydrogen-bond acceptors (Lipinski definition) is 4. The molecule has 0 saturated carbocycles. The Balaban J connectivity index is 2.15. The largest absolute Gasteiger partial charge is 0.323 e. The molecule has 0 aromatic heterocycles. The summed E-state index contributed by atoms with van der Waals surface area (Å²) in [5.41, 5.74) is 0. The van der Waals surface area contributed by atoms with Gasteiger partial charge in [0.1, 0.15) is 0 Å². The van der Waals surface area contributed by atoms with Gasteiger partial charge in [-0.15, -0.1) is 10.2 Å². The van der Waals surface area contributed by atoms with Gasteiger partial charge in [0.2, 0.25) is 0 Å². The molecule has 4 nitrogen and oxygen atoms in total. The second kappa shape index (κ2) is 3.49. The summed E-state index contributed by atoms with van der Waals surface area (Å²) in [6.07, 6.45) is 0. The monoisotopic (exact) mass is 172 g/mol. The Morgan fingerprint density at radius 2 is 1.75 bits per heavy atom. The summed E-state index contributed by atoms with van der Waals surface area (Å²) in [4.78, 5) is 10.1. The maximum Gasteiger partial charge on any atom is 0.323 e. The lowest BCUT2D eigenvalue weighted by Crippen LogP contribution is -2.24. The minimum Gasteiger partial charge on any atom is -0.232 e. The van der Waals surface area contributed by atoms with Gasteiger partial charge in [-0.05, 0) is 5.92 Å². The van der Waals surface area contributed by atoms with Gasteiger partial charge in [0, 0.05) is 5.92 Å². The average molecular weight is 172 g/mol. The zero-order chi connectivity index (χ0) is 9.19. The van der Waals surface area contributed by atoms with Crippen LogP contribution in [0.4, 0.5) is 0 Å². The highest BCUT2D eigenvalue weighted by atomic mass is 17.2. The van der Waals surface area contributed by atoms with Crippen LogP contribution in [0.3, 0.4) is 0 Å². The minimum absolute atomic E-state index is 0.240. The highest BCUT2D eigenvalue weighted by Crippen LogP contribution is 2.37. The van der Waals surface area contributed by atoms with Crippen molar-refractivity contribution in [3.63, 3.8) is 0 Å². The van der Waals surface area contributed by atoms with Crippen LogP contribution < -0.4 is 0 Å². The first-order chi connectivity index (χ1) is 5.57. The molecule has 1 aliphatic heterocycles. The third-order valence-electron chi connectivity index (χ3n) is 1.63. The number of nitrogens with zero attached hydrogens (tertiary/aromatic N) is 2. The molecule has 0 aromatic rings. The van der Waals surface area contributed by atoms with Crippen LogP contribution in [0.2, 0.25) is 0 Å². The Bertz CT molecular complexity index is 172. The SMILES string of the molecule is CC(C)COOC1(C(C)C)N=N1. The van der Waals surface area contributed by atoms with E-state index in [4.69, 9.17) is 9.78 Å². The van der Waals surface area contributed by atoms with Crippen LogP contribution in [0.25, 0.3) is 0 Å². The summed E-state index contributed by atoms with van der Waals surface area (Å²) in [7, 11) is 0. The Hall–Kier alpha value is -0.480. The van der Waals surface area contributed by atoms with Crippen LogP contribution in [0.5, 0.6) is 0 Å². The van der Waals surface area contributed by atoms with Gasteiger partial charge in [-0.25, -0.2) is 4.89 Å². The summed E-state index contributed by atoms with van der Waals surface area (Å²) < 4.78 is 0. The van der Waals surface area contributed by atoms with Gasteiger partial charge >= 0.3 is 5.85 Å². The van der Waals surface area contributed by atoms with E-state index in [0.717, 1.165) is 0 Å². The lowest BCUT2D eigenvalue weighted by Gasteiger charge is -2.14. The topological polar surface area (TPSA) is 43.2 Å². The molecule has 12 heavy (non-hydrogen) atoms. The van der Waals surface area contributed by atoms with E-state index in [-0.39, 0.29) is 5.92 Å². The zero-order valence-electron chi connectivity index (χ0n) is 8.07. The van der Waals surface area contributed by atoms with Crippen LogP contribution in [0, 0.1) is 11.8 Å². The van der Waals surface area contributed by atoms with E-state index in [9.17, 15) is 0 Å². The van der Waals surface area contributed by atoms with Crippen LogP contribution in [0.15, 0.2) is 10.2 Å². The molecule has 0 aromatic carbocycles. The van der Waals surface area contributed by atoms with Crippen molar-refractivity contribution < 1.29 is 9.78 Å². The van der Waals surface area contributed by atoms with E-state index < -0.39 is 5.85 Å².